The summed E-state index contributed by atoms with van der Waals surface area (Å²) < 4.78 is 0. The van der Waals surface area contributed by atoms with Crippen molar-refractivity contribution >= 4 is 11.8 Å². The number of aliphatic hydroxyl groups is 1. The number of aliphatic hydroxyl groups excluding tert-OH is 1. The van der Waals surface area contributed by atoms with E-state index in [1.165, 1.54) is 0 Å². The first-order valence-electron chi connectivity index (χ1n) is 8.86. The first-order chi connectivity index (χ1) is 11.0. The van der Waals surface area contributed by atoms with E-state index in [0.717, 1.165) is 44.9 Å². The van der Waals surface area contributed by atoms with Gasteiger partial charge >= 0.3 is 5.97 Å². The summed E-state index contributed by atoms with van der Waals surface area (Å²) in [5.41, 5.74) is 0. The van der Waals surface area contributed by atoms with Crippen LogP contribution in [0.2, 0.25) is 0 Å². The van der Waals surface area contributed by atoms with Crippen LogP contribution in [0.5, 0.6) is 0 Å². The molecule has 0 aromatic carbocycles. The molecule has 0 rings (SSSR count). The zero-order chi connectivity index (χ0) is 17.5. The summed E-state index contributed by atoms with van der Waals surface area (Å²) in [6.45, 7) is 3.71. The number of hydrogen-bond donors (Lipinski definition) is 2. The number of unbranched alkanes of at least 4 members (excludes halogenated alkanes) is 5. The molecule has 0 radical (unpaired) electrons. The van der Waals surface area contributed by atoms with Crippen LogP contribution in [0.25, 0.3) is 0 Å². The molecule has 0 aromatic rings. The molecule has 0 amide bonds. The third kappa shape index (κ3) is 14.0. The Balaban J connectivity index is 3.94. The monoisotopic (exact) mass is 324 g/mol. The fraction of sp³-hybridized carbons (Fsp3) is 0.789. The number of carbonyl (C=O) groups excluding carboxylic acids is 1. The second kappa shape index (κ2) is 14.3. The molecular weight excluding hydrogens is 292 g/mol. The Morgan fingerprint density at radius 2 is 1.65 bits per heavy atom. The van der Waals surface area contributed by atoms with Crippen molar-refractivity contribution in [3.63, 3.8) is 0 Å². The fourth-order valence-electron chi connectivity index (χ4n) is 2.43. The van der Waals surface area contributed by atoms with Crippen LogP contribution in [0, 0.1) is 17.8 Å². The highest BCUT2D eigenvalue weighted by Crippen LogP contribution is 2.16. The summed E-state index contributed by atoms with van der Waals surface area (Å²) in [4.78, 5) is 22.0. The highest BCUT2D eigenvalue weighted by molar-refractivity contribution is 5.78. The molecule has 2 N–H and O–H groups in total. The molecule has 0 saturated heterocycles. The third-order valence-corrected chi connectivity index (χ3v) is 3.97. The van der Waals surface area contributed by atoms with Gasteiger partial charge < -0.3 is 10.2 Å². The van der Waals surface area contributed by atoms with Gasteiger partial charge in [-0.15, -0.1) is 0 Å². The first kappa shape index (κ1) is 21.7. The minimum absolute atomic E-state index is 0.0650. The summed E-state index contributed by atoms with van der Waals surface area (Å²) in [7, 11) is 0. The van der Waals surface area contributed by atoms with Crippen LogP contribution in [-0.2, 0) is 9.59 Å². The topological polar surface area (TPSA) is 74.6 Å². The molecule has 2 unspecified atom stereocenters. The normalized spacial score (nSPS) is 13.0. The Kier molecular flexibility index (Phi) is 13.4. The largest absolute Gasteiger partial charge is 0.481 e. The Hall–Kier alpha value is -1.34. The van der Waals surface area contributed by atoms with Gasteiger partial charge in [0.05, 0.1) is 0 Å². The fourth-order valence-corrected chi connectivity index (χ4v) is 2.43. The van der Waals surface area contributed by atoms with Gasteiger partial charge in [-0.2, -0.15) is 0 Å². The quantitative estimate of drug-likeness (QED) is 0.397. The molecule has 0 aliphatic rings. The molecule has 0 aliphatic carbocycles. The molecule has 23 heavy (non-hydrogen) atoms. The summed E-state index contributed by atoms with van der Waals surface area (Å²) >= 11 is 0. The Morgan fingerprint density at radius 1 is 1.00 bits per heavy atom. The van der Waals surface area contributed by atoms with Crippen molar-refractivity contribution in [1.82, 2.24) is 0 Å². The lowest BCUT2D eigenvalue weighted by atomic mass is 9.94. The molecule has 0 aromatic heterocycles. The molecule has 132 valence electrons. The summed E-state index contributed by atoms with van der Waals surface area (Å²) in [5, 5.41) is 18.3. The molecule has 2 atom stereocenters. The molecule has 0 fully saturated rings. The molecule has 0 spiro atoms. The number of carboxylic acid groups (broad SMARTS) is 1. The van der Waals surface area contributed by atoms with Crippen LogP contribution in [0.15, 0.2) is 0 Å². The van der Waals surface area contributed by atoms with Gasteiger partial charge in [0, 0.05) is 18.8 Å². The maximum absolute atomic E-state index is 11.6. The molecule has 0 bridgehead atoms. The van der Waals surface area contributed by atoms with E-state index in [2.05, 4.69) is 18.8 Å². The molecule has 0 aliphatic heterocycles. The van der Waals surface area contributed by atoms with Crippen molar-refractivity contribution in [3.8, 4) is 11.8 Å². The van der Waals surface area contributed by atoms with Crippen LogP contribution in [0.4, 0.5) is 0 Å². The van der Waals surface area contributed by atoms with E-state index in [1.54, 1.807) is 6.92 Å². The van der Waals surface area contributed by atoms with Crippen molar-refractivity contribution in [1.29, 1.82) is 0 Å². The average Bonchev–Trinajstić information content (AvgIpc) is 2.48. The first-order valence-corrected chi connectivity index (χ1v) is 8.86. The van der Waals surface area contributed by atoms with Crippen molar-refractivity contribution < 1.29 is 19.8 Å². The predicted octanol–water partition coefficient (Wildman–Crippen LogP) is 3.95. The van der Waals surface area contributed by atoms with Crippen molar-refractivity contribution in [2.75, 3.05) is 0 Å². The number of ketones is 1. The van der Waals surface area contributed by atoms with E-state index in [1.807, 2.05) is 0 Å². The third-order valence-electron chi connectivity index (χ3n) is 3.97. The van der Waals surface area contributed by atoms with Crippen LogP contribution < -0.4 is 0 Å². The number of hydrogen-bond acceptors (Lipinski definition) is 3. The SMILES string of the molecule is CCCCCC(O)C#CCC(CCCCCCC(=O)O)C(C)=O. The molecule has 4 nitrogen and oxygen atoms in total. The summed E-state index contributed by atoms with van der Waals surface area (Å²) in [5.74, 6) is 5.13. The Labute approximate surface area is 140 Å². The highest BCUT2D eigenvalue weighted by atomic mass is 16.4. The zero-order valence-corrected chi connectivity index (χ0v) is 14.6. The lowest BCUT2D eigenvalue weighted by Crippen LogP contribution is -2.10. The molecule has 4 heteroatoms. The maximum atomic E-state index is 11.6. The number of Topliss-reactive ketones (excluding diaryl/α,β-unsaturated/α-hetero) is 1. The van der Waals surface area contributed by atoms with E-state index < -0.39 is 12.1 Å². The second-order valence-corrected chi connectivity index (χ2v) is 6.19. The van der Waals surface area contributed by atoms with Gasteiger partial charge in [-0.3, -0.25) is 9.59 Å². The molecule has 0 saturated carbocycles. The Bertz CT molecular complexity index is 392. The van der Waals surface area contributed by atoms with Crippen molar-refractivity contribution in [2.45, 2.75) is 90.6 Å². The smallest absolute Gasteiger partial charge is 0.303 e. The van der Waals surface area contributed by atoms with Gasteiger partial charge in [0.25, 0.3) is 0 Å². The van der Waals surface area contributed by atoms with Gasteiger partial charge in [-0.25, -0.2) is 0 Å². The summed E-state index contributed by atoms with van der Waals surface area (Å²) in [6.07, 6.45) is 8.32. The van der Waals surface area contributed by atoms with Gasteiger partial charge in [-0.05, 0) is 32.6 Å². The summed E-state index contributed by atoms with van der Waals surface area (Å²) in [6, 6.07) is 0. The lowest BCUT2D eigenvalue weighted by molar-refractivity contribution is -0.137. The minimum atomic E-state index is -0.751. The van der Waals surface area contributed by atoms with Gasteiger partial charge in [0.15, 0.2) is 0 Å². The predicted molar refractivity (Wildman–Crippen MR) is 92.1 cm³/mol. The maximum Gasteiger partial charge on any atom is 0.303 e. The van der Waals surface area contributed by atoms with Crippen LogP contribution in [0.1, 0.15) is 84.5 Å². The lowest BCUT2D eigenvalue weighted by Gasteiger charge is -2.10. The van der Waals surface area contributed by atoms with E-state index in [9.17, 15) is 14.7 Å². The van der Waals surface area contributed by atoms with Gasteiger partial charge in [0.1, 0.15) is 11.9 Å². The van der Waals surface area contributed by atoms with Gasteiger partial charge in [-0.1, -0.05) is 50.9 Å². The van der Waals surface area contributed by atoms with E-state index in [-0.39, 0.29) is 18.1 Å². The highest BCUT2D eigenvalue weighted by Gasteiger charge is 2.12. The average molecular weight is 324 g/mol. The van der Waals surface area contributed by atoms with Gasteiger partial charge in [0.2, 0.25) is 0 Å². The second-order valence-electron chi connectivity index (χ2n) is 6.19. The number of aliphatic carboxylic acids is 1. The Morgan fingerprint density at radius 3 is 2.26 bits per heavy atom. The van der Waals surface area contributed by atoms with E-state index in [4.69, 9.17) is 5.11 Å². The minimum Gasteiger partial charge on any atom is -0.481 e. The van der Waals surface area contributed by atoms with E-state index >= 15 is 0 Å². The van der Waals surface area contributed by atoms with Crippen molar-refractivity contribution in [3.05, 3.63) is 0 Å². The van der Waals surface area contributed by atoms with Crippen LogP contribution in [0.3, 0.4) is 0 Å². The van der Waals surface area contributed by atoms with Crippen LogP contribution >= 0.6 is 0 Å². The standard InChI is InChI=1S/C19H32O4/c1-3-4-7-13-18(21)14-10-12-17(16(2)20)11-8-5-6-9-15-19(22)23/h17-18,21H,3-9,11-13,15H2,1-2H3,(H,22,23). The molecule has 0 heterocycles. The number of carbonyl (C=O) groups is 2. The van der Waals surface area contributed by atoms with Crippen molar-refractivity contribution in [2.24, 2.45) is 5.92 Å². The number of carboxylic acids is 1. The zero-order valence-electron chi connectivity index (χ0n) is 14.6. The molecular formula is C19H32O4. The number of rotatable bonds is 13. The van der Waals surface area contributed by atoms with E-state index in [0.29, 0.717) is 19.3 Å². The van der Waals surface area contributed by atoms with Crippen LogP contribution in [-0.4, -0.2) is 28.1 Å².